The minimum atomic E-state index is 0.281. The summed E-state index contributed by atoms with van der Waals surface area (Å²) in [6, 6.07) is 17.1. The fraction of sp³-hybridized carbons (Fsp3) is 0.481. The Morgan fingerprint density at radius 2 is 1.69 bits per heavy atom. The van der Waals surface area contributed by atoms with Gasteiger partial charge in [0.15, 0.2) is 0 Å². The summed E-state index contributed by atoms with van der Waals surface area (Å²) < 4.78 is 0. The highest BCUT2D eigenvalue weighted by molar-refractivity contribution is 5.86. The van der Waals surface area contributed by atoms with E-state index in [-0.39, 0.29) is 5.54 Å². The van der Waals surface area contributed by atoms with E-state index in [0.717, 1.165) is 30.3 Å². The molecule has 1 atom stereocenters. The molecule has 2 aromatic carbocycles. The highest BCUT2D eigenvalue weighted by Gasteiger charge is 2.30. The van der Waals surface area contributed by atoms with Crippen molar-refractivity contribution < 1.29 is 0 Å². The summed E-state index contributed by atoms with van der Waals surface area (Å²) in [5.41, 5.74) is 2.44. The molecule has 5 rings (SSSR count). The van der Waals surface area contributed by atoms with E-state index in [1.807, 2.05) is 12.3 Å². The van der Waals surface area contributed by atoms with Crippen LogP contribution in [0.4, 0.5) is 5.95 Å². The smallest absolute Gasteiger partial charge is 0.225 e. The van der Waals surface area contributed by atoms with Gasteiger partial charge in [-0.1, -0.05) is 36.4 Å². The summed E-state index contributed by atoms with van der Waals surface area (Å²) in [6.07, 6.45) is 3.13. The third-order valence-corrected chi connectivity index (χ3v) is 7.09. The molecule has 2 aliphatic heterocycles. The molecule has 0 N–H and O–H groups in total. The Morgan fingerprint density at radius 3 is 2.47 bits per heavy atom. The van der Waals surface area contributed by atoms with Gasteiger partial charge in [-0.3, -0.25) is 4.90 Å². The van der Waals surface area contributed by atoms with Crippen LogP contribution in [0.2, 0.25) is 0 Å². The van der Waals surface area contributed by atoms with Crippen LogP contribution in [0.5, 0.6) is 0 Å². The van der Waals surface area contributed by atoms with Crippen LogP contribution in [0.15, 0.2) is 54.7 Å². The molecule has 0 amide bonds. The lowest BCUT2D eigenvalue weighted by Gasteiger charge is -2.42. The van der Waals surface area contributed by atoms with Crippen molar-refractivity contribution in [3.05, 3.63) is 54.7 Å². The fourth-order valence-electron chi connectivity index (χ4n) is 5.14. The minimum Gasteiger partial charge on any atom is -0.340 e. The largest absolute Gasteiger partial charge is 0.340 e. The van der Waals surface area contributed by atoms with Gasteiger partial charge >= 0.3 is 0 Å². The fourth-order valence-corrected chi connectivity index (χ4v) is 5.14. The maximum atomic E-state index is 4.94. The predicted molar refractivity (Wildman–Crippen MR) is 133 cm³/mol. The molecular formula is C27H35N5. The van der Waals surface area contributed by atoms with Crippen molar-refractivity contribution in [3.63, 3.8) is 0 Å². The summed E-state index contributed by atoms with van der Waals surface area (Å²) >= 11 is 0. The summed E-state index contributed by atoms with van der Waals surface area (Å²) in [5, 5.41) is 2.51. The van der Waals surface area contributed by atoms with E-state index < -0.39 is 0 Å². The maximum absolute atomic E-state index is 4.94. The Morgan fingerprint density at radius 1 is 0.906 bits per heavy atom. The molecule has 2 aliphatic rings. The topological polar surface area (TPSA) is 35.5 Å². The molecule has 0 unspecified atom stereocenters. The third-order valence-electron chi connectivity index (χ3n) is 7.09. The Labute approximate surface area is 192 Å². The number of piperazine rings is 1. The summed E-state index contributed by atoms with van der Waals surface area (Å²) in [5.74, 6) is 1.57. The van der Waals surface area contributed by atoms with Crippen molar-refractivity contribution >= 4 is 16.7 Å². The van der Waals surface area contributed by atoms with Crippen LogP contribution >= 0.6 is 0 Å². The molecule has 2 fully saturated rings. The highest BCUT2D eigenvalue weighted by Crippen LogP contribution is 2.27. The maximum Gasteiger partial charge on any atom is 0.225 e. The molecule has 5 nitrogen and oxygen atoms in total. The lowest BCUT2D eigenvalue weighted by molar-refractivity contribution is 0.0566. The van der Waals surface area contributed by atoms with E-state index in [9.17, 15) is 0 Å². The Hall–Kier alpha value is -2.50. The van der Waals surface area contributed by atoms with E-state index in [1.165, 1.54) is 49.9 Å². The van der Waals surface area contributed by atoms with Gasteiger partial charge in [0, 0.05) is 63.1 Å². The zero-order valence-corrected chi connectivity index (χ0v) is 19.7. The molecule has 32 heavy (non-hydrogen) atoms. The van der Waals surface area contributed by atoms with Crippen LogP contribution in [-0.4, -0.2) is 71.1 Å². The molecule has 3 aromatic rings. The lowest BCUT2D eigenvalue weighted by atomic mass is 10.0. The number of fused-ring (bicyclic) bond motifs is 1. The summed E-state index contributed by atoms with van der Waals surface area (Å²) in [4.78, 5) is 17.2. The van der Waals surface area contributed by atoms with Gasteiger partial charge in [0.1, 0.15) is 0 Å². The number of nitrogens with zero attached hydrogens (tertiary/aromatic N) is 5. The molecule has 168 valence electrons. The van der Waals surface area contributed by atoms with Gasteiger partial charge in [-0.05, 0) is 56.0 Å². The normalized spacial score (nSPS) is 20.8. The number of anilines is 1. The van der Waals surface area contributed by atoms with Gasteiger partial charge in [-0.2, -0.15) is 0 Å². The molecule has 3 heterocycles. The first-order valence-corrected chi connectivity index (χ1v) is 12.0. The quantitative estimate of drug-likeness (QED) is 0.608. The molecule has 0 spiro atoms. The van der Waals surface area contributed by atoms with Gasteiger partial charge in [-0.25, -0.2) is 9.97 Å². The Bertz CT molecular complexity index is 1060. The van der Waals surface area contributed by atoms with Gasteiger partial charge in [0.05, 0.1) is 5.69 Å². The summed E-state index contributed by atoms with van der Waals surface area (Å²) in [6.45, 7) is 15.0. The molecule has 5 heteroatoms. The van der Waals surface area contributed by atoms with Gasteiger partial charge in [0.25, 0.3) is 0 Å². The van der Waals surface area contributed by atoms with Gasteiger partial charge in [-0.15, -0.1) is 0 Å². The van der Waals surface area contributed by atoms with Crippen molar-refractivity contribution in [3.8, 4) is 11.3 Å². The van der Waals surface area contributed by atoms with Crippen LogP contribution in [0.1, 0.15) is 27.2 Å². The molecule has 0 saturated carbocycles. The molecule has 1 aromatic heterocycles. The molecule has 0 bridgehead atoms. The number of aromatic nitrogens is 2. The summed E-state index contributed by atoms with van der Waals surface area (Å²) in [7, 11) is 0. The average molecular weight is 430 g/mol. The predicted octanol–water partition coefficient (Wildman–Crippen LogP) is 4.54. The van der Waals surface area contributed by atoms with Crippen LogP contribution < -0.4 is 4.90 Å². The number of benzene rings is 2. The second kappa shape index (κ2) is 8.80. The molecule has 0 aliphatic carbocycles. The zero-order chi connectivity index (χ0) is 22.1. The monoisotopic (exact) mass is 429 g/mol. The standard InChI is InChI=1S/C27H35N5/c1-27(2,3)32-16-14-30(15-17-32)19-21-11-13-31(20-21)26-28-12-10-25(29-26)24-9-8-22-6-4-5-7-23(22)18-24/h4-10,12,18,21H,11,13-17,19-20H2,1-3H3/t21-/m1/s1. The van der Waals surface area contributed by atoms with Crippen molar-refractivity contribution in [2.75, 3.05) is 50.7 Å². The van der Waals surface area contributed by atoms with Crippen LogP contribution in [0.3, 0.4) is 0 Å². The third kappa shape index (κ3) is 4.64. The van der Waals surface area contributed by atoms with E-state index in [1.54, 1.807) is 0 Å². The average Bonchev–Trinajstić information content (AvgIpc) is 3.27. The van der Waals surface area contributed by atoms with Crippen LogP contribution in [0, 0.1) is 5.92 Å². The van der Waals surface area contributed by atoms with Crippen molar-refractivity contribution in [2.24, 2.45) is 5.92 Å². The minimum absolute atomic E-state index is 0.281. The van der Waals surface area contributed by atoms with E-state index in [0.29, 0.717) is 5.92 Å². The van der Waals surface area contributed by atoms with Crippen molar-refractivity contribution in [2.45, 2.75) is 32.7 Å². The number of hydrogen-bond acceptors (Lipinski definition) is 5. The van der Waals surface area contributed by atoms with Crippen LogP contribution in [-0.2, 0) is 0 Å². The SMILES string of the molecule is CC(C)(C)N1CCN(C[C@H]2CCN(c3nccc(-c4ccc5ccccc5c4)n3)C2)CC1. The van der Waals surface area contributed by atoms with Crippen molar-refractivity contribution in [1.82, 2.24) is 19.8 Å². The van der Waals surface area contributed by atoms with Gasteiger partial charge in [0.2, 0.25) is 5.95 Å². The second-order valence-corrected chi connectivity index (χ2v) is 10.4. The first-order valence-electron chi connectivity index (χ1n) is 12.0. The number of hydrogen-bond donors (Lipinski definition) is 0. The van der Waals surface area contributed by atoms with E-state index in [4.69, 9.17) is 4.98 Å². The molecular weight excluding hydrogens is 394 g/mol. The number of rotatable bonds is 4. The van der Waals surface area contributed by atoms with E-state index in [2.05, 4.69) is 82.9 Å². The van der Waals surface area contributed by atoms with Gasteiger partial charge < -0.3 is 9.80 Å². The Kier molecular flexibility index (Phi) is 5.87. The highest BCUT2D eigenvalue weighted by atomic mass is 15.3. The van der Waals surface area contributed by atoms with E-state index >= 15 is 0 Å². The second-order valence-electron chi connectivity index (χ2n) is 10.4. The lowest BCUT2D eigenvalue weighted by Crippen LogP contribution is -2.54. The first kappa shape index (κ1) is 21.4. The van der Waals surface area contributed by atoms with Crippen LogP contribution in [0.25, 0.3) is 22.0 Å². The molecule has 0 radical (unpaired) electrons. The zero-order valence-electron chi connectivity index (χ0n) is 19.7. The first-order chi connectivity index (χ1) is 15.5. The Balaban J connectivity index is 1.22. The molecule has 2 saturated heterocycles. The van der Waals surface area contributed by atoms with Crippen molar-refractivity contribution in [1.29, 1.82) is 0 Å².